The zero-order valence-corrected chi connectivity index (χ0v) is 21.2. The van der Waals surface area contributed by atoms with E-state index >= 15 is 0 Å². The smallest absolute Gasteiger partial charge is 0.376 e. The van der Waals surface area contributed by atoms with E-state index in [-0.39, 0.29) is 30.8 Å². The Morgan fingerprint density at radius 2 is 1.83 bits per heavy atom. The van der Waals surface area contributed by atoms with Crippen molar-refractivity contribution in [3.63, 3.8) is 0 Å². The monoisotopic (exact) mass is 533 g/mol. The van der Waals surface area contributed by atoms with Gasteiger partial charge in [-0.05, 0) is 43.0 Å². The SMILES string of the molecule is C[C@@H]1CN(C[C@@H]2CN(S(=O)(=O)c3cccs3)CCN2c2ccc([C@@](C)(O)C(F)(F)F)cc2)CCO1. The number of anilines is 1. The van der Waals surface area contributed by atoms with Gasteiger partial charge >= 0.3 is 6.18 Å². The van der Waals surface area contributed by atoms with Gasteiger partial charge in [-0.25, -0.2) is 8.42 Å². The number of hydrogen-bond donors (Lipinski definition) is 1. The fourth-order valence-corrected chi connectivity index (χ4v) is 7.19. The molecule has 7 nitrogen and oxygen atoms in total. The van der Waals surface area contributed by atoms with Crippen LogP contribution in [0.2, 0.25) is 0 Å². The van der Waals surface area contributed by atoms with Crippen LogP contribution in [0.5, 0.6) is 0 Å². The molecule has 2 aliphatic rings. The Hall–Kier alpha value is -1.70. The van der Waals surface area contributed by atoms with Crippen LogP contribution < -0.4 is 4.90 Å². The molecule has 1 aromatic heterocycles. The number of sulfonamides is 1. The summed E-state index contributed by atoms with van der Waals surface area (Å²) in [5.41, 5.74) is -2.51. The highest BCUT2D eigenvalue weighted by Gasteiger charge is 2.51. The minimum absolute atomic E-state index is 0.0654. The molecule has 1 N–H and O–H groups in total. The predicted octanol–water partition coefficient (Wildman–Crippen LogP) is 3.12. The Kier molecular flexibility index (Phi) is 7.52. The third-order valence-corrected chi connectivity index (χ3v) is 9.88. The number of benzene rings is 1. The second kappa shape index (κ2) is 9.98. The van der Waals surface area contributed by atoms with E-state index in [1.807, 2.05) is 11.8 Å². The van der Waals surface area contributed by atoms with Crippen LogP contribution >= 0.6 is 11.3 Å². The molecule has 0 unspecified atom stereocenters. The Morgan fingerprint density at radius 3 is 2.43 bits per heavy atom. The van der Waals surface area contributed by atoms with Crippen LogP contribution in [-0.2, 0) is 20.4 Å². The first-order valence-electron chi connectivity index (χ1n) is 11.4. The zero-order chi connectivity index (χ0) is 25.4. The van der Waals surface area contributed by atoms with E-state index in [0.29, 0.717) is 29.6 Å². The fourth-order valence-electron chi connectivity index (χ4n) is 4.57. The average Bonchev–Trinajstić information content (AvgIpc) is 3.34. The first-order chi connectivity index (χ1) is 16.4. The summed E-state index contributed by atoms with van der Waals surface area (Å²) in [5, 5.41) is 11.7. The number of morpholine rings is 1. The predicted molar refractivity (Wildman–Crippen MR) is 128 cm³/mol. The van der Waals surface area contributed by atoms with Crippen LogP contribution in [0.1, 0.15) is 19.4 Å². The number of hydrogen-bond acceptors (Lipinski definition) is 7. The van der Waals surface area contributed by atoms with Crippen molar-refractivity contribution in [3.05, 3.63) is 47.3 Å². The van der Waals surface area contributed by atoms with Crippen molar-refractivity contribution in [1.29, 1.82) is 0 Å². The summed E-state index contributed by atoms with van der Waals surface area (Å²) in [6, 6.07) is 8.78. The molecule has 0 aliphatic carbocycles. The number of aliphatic hydroxyl groups is 1. The number of alkyl halides is 3. The third kappa shape index (κ3) is 5.52. The summed E-state index contributed by atoms with van der Waals surface area (Å²) in [6.07, 6.45) is -4.73. The summed E-state index contributed by atoms with van der Waals surface area (Å²) in [6.45, 7) is 6.26. The molecule has 3 atom stereocenters. The molecule has 4 rings (SSSR count). The number of thiophene rings is 1. The number of piperazine rings is 1. The fraction of sp³-hybridized carbons (Fsp3) is 0.565. The van der Waals surface area contributed by atoms with E-state index in [1.165, 1.54) is 27.8 Å². The first kappa shape index (κ1) is 26.4. The second-order valence-electron chi connectivity index (χ2n) is 9.20. The van der Waals surface area contributed by atoms with E-state index in [4.69, 9.17) is 4.74 Å². The summed E-state index contributed by atoms with van der Waals surface area (Å²) < 4.78 is 73.6. The highest BCUT2D eigenvalue weighted by molar-refractivity contribution is 7.91. The number of halogens is 3. The van der Waals surface area contributed by atoms with Crippen molar-refractivity contribution >= 4 is 27.0 Å². The lowest BCUT2D eigenvalue weighted by Crippen LogP contribution is -2.59. The molecule has 3 heterocycles. The summed E-state index contributed by atoms with van der Waals surface area (Å²) in [4.78, 5) is 4.28. The van der Waals surface area contributed by atoms with Gasteiger partial charge in [0.1, 0.15) is 4.21 Å². The third-order valence-electron chi connectivity index (χ3n) is 6.64. The molecule has 2 saturated heterocycles. The van der Waals surface area contributed by atoms with Crippen molar-refractivity contribution in [2.75, 3.05) is 50.8 Å². The van der Waals surface area contributed by atoms with Gasteiger partial charge in [0.05, 0.1) is 18.8 Å². The topological polar surface area (TPSA) is 73.3 Å². The largest absolute Gasteiger partial charge is 0.421 e. The van der Waals surface area contributed by atoms with Crippen molar-refractivity contribution in [2.24, 2.45) is 0 Å². The molecule has 0 amide bonds. The van der Waals surface area contributed by atoms with E-state index in [1.54, 1.807) is 29.6 Å². The van der Waals surface area contributed by atoms with Crippen LogP contribution in [0.3, 0.4) is 0 Å². The number of nitrogens with zero attached hydrogens (tertiary/aromatic N) is 3. The molecular weight excluding hydrogens is 503 g/mol. The molecule has 0 spiro atoms. The van der Waals surface area contributed by atoms with Gasteiger partial charge < -0.3 is 14.7 Å². The van der Waals surface area contributed by atoms with E-state index in [2.05, 4.69) is 4.90 Å². The van der Waals surface area contributed by atoms with Crippen molar-refractivity contribution in [2.45, 2.75) is 42.0 Å². The minimum atomic E-state index is -4.80. The molecule has 0 bridgehead atoms. The standard InChI is InChI=1S/C23H30F3N3O4S2/c1-17-14-27(11-12-33-17)15-20-16-28(35(31,32)21-4-3-13-34-21)9-10-29(20)19-7-5-18(6-8-19)22(2,30)23(24,25)26/h3-8,13,17,20,30H,9-12,14-16H2,1-2H3/t17-,20-,22-/m1/s1. The highest BCUT2D eigenvalue weighted by Crippen LogP contribution is 2.39. The maximum absolute atomic E-state index is 13.3. The van der Waals surface area contributed by atoms with Crippen LogP contribution in [0.15, 0.2) is 46.0 Å². The maximum Gasteiger partial charge on any atom is 0.421 e. The normalized spacial score (nSPS) is 24.9. The van der Waals surface area contributed by atoms with Gasteiger partial charge in [-0.3, -0.25) is 4.90 Å². The van der Waals surface area contributed by atoms with Crippen LogP contribution in [0.25, 0.3) is 0 Å². The van der Waals surface area contributed by atoms with E-state index in [0.717, 1.165) is 20.0 Å². The highest BCUT2D eigenvalue weighted by atomic mass is 32.2. The quantitative estimate of drug-likeness (QED) is 0.615. The first-order valence-corrected chi connectivity index (χ1v) is 13.8. The summed E-state index contributed by atoms with van der Waals surface area (Å²) in [7, 11) is -3.63. The molecule has 0 radical (unpaired) electrons. The van der Waals surface area contributed by atoms with Gasteiger partial charge in [0.2, 0.25) is 0 Å². The van der Waals surface area contributed by atoms with Crippen molar-refractivity contribution < 1.29 is 31.4 Å². The van der Waals surface area contributed by atoms with Gasteiger partial charge in [0.25, 0.3) is 10.0 Å². The molecule has 2 aliphatic heterocycles. The molecule has 2 fully saturated rings. The molecular formula is C23H30F3N3O4S2. The van der Waals surface area contributed by atoms with Gasteiger partial charge in [-0.15, -0.1) is 11.3 Å². The lowest BCUT2D eigenvalue weighted by atomic mass is 9.95. The molecule has 0 saturated carbocycles. The Labute approximate surface area is 207 Å². The Morgan fingerprint density at radius 1 is 1.11 bits per heavy atom. The number of rotatable bonds is 6. The molecule has 1 aromatic carbocycles. The van der Waals surface area contributed by atoms with Gasteiger partial charge in [0, 0.05) is 45.0 Å². The minimum Gasteiger partial charge on any atom is -0.376 e. The van der Waals surface area contributed by atoms with Crippen LogP contribution in [-0.4, -0.2) is 86.9 Å². The van der Waals surface area contributed by atoms with Gasteiger partial charge in [-0.2, -0.15) is 17.5 Å². The van der Waals surface area contributed by atoms with Crippen molar-refractivity contribution in [3.8, 4) is 0 Å². The Balaban J connectivity index is 1.59. The maximum atomic E-state index is 13.3. The van der Waals surface area contributed by atoms with Crippen LogP contribution in [0.4, 0.5) is 18.9 Å². The van der Waals surface area contributed by atoms with Gasteiger partial charge in [-0.1, -0.05) is 18.2 Å². The lowest BCUT2D eigenvalue weighted by Gasteiger charge is -2.45. The molecule has 2 aromatic rings. The number of ether oxygens (including phenoxy) is 1. The zero-order valence-electron chi connectivity index (χ0n) is 19.6. The van der Waals surface area contributed by atoms with E-state index in [9.17, 15) is 26.7 Å². The van der Waals surface area contributed by atoms with Crippen LogP contribution in [0, 0.1) is 0 Å². The Bertz CT molecular complexity index is 1090. The lowest BCUT2D eigenvalue weighted by molar-refractivity contribution is -0.258. The summed E-state index contributed by atoms with van der Waals surface area (Å²) >= 11 is 1.18. The molecule has 12 heteroatoms. The molecule has 194 valence electrons. The second-order valence-corrected chi connectivity index (χ2v) is 12.3. The van der Waals surface area contributed by atoms with E-state index < -0.39 is 21.8 Å². The van der Waals surface area contributed by atoms with Gasteiger partial charge in [0.15, 0.2) is 5.60 Å². The average molecular weight is 534 g/mol. The molecule has 35 heavy (non-hydrogen) atoms. The summed E-state index contributed by atoms with van der Waals surface area (Å²) in [5.74, 6) is 0. The van der Waals surface area contributed by atoms with Crippen molar-refractivity contribution in [1.82, 2.24) is 9.21 Å².